The van der Waals surface area contributed by atoms with E-state index < -0.39 is 0 Å². The van der Waals surface area contributed by atoms with Crippen molar-refractivity contribution in [1.82, 2.24) is 4.90 Å². The molecule has 2 aliphatic rings. The second-order valence-corrected chi connectivity index (χ2v) is 7.57. The number of methoxy groups -OCH3 is 2. The molecule has 0 saturated carbocycles. The predicted octanol–water partition coefficient (Wildman–Crippen LogP) is 2.68. The molecule has 2 heterocycles. The minimum Gasteiger partial charge on any atom is -0.493 e. The summed E-state index contributed by atoms with van der Waals surface area (Å²) in [5, 5.41) is 9.39. The first-order chi connectivity index (χ1) is 15.5. The van der Waals surface area contributed by atoms with E-state index in [4.69, 9.17) is 18.9 Å². The first-order valence-electron chi connectivity index (χ1n) is 10.4. The number of nitrogens with zero attached hydrogens (tertiary/aromatic N) is 1. The second-order valence-electron chi connectivity index (χ2n) is 7.57. The number of allylic oxidation sites excluding steroid dienone is 1. The minimum atomic E-state index is -0.236. The van der Waals surface area contributed by atoms with Gasteiger partial charge in [-0.1, -0.05) is 6.07 Å². The van der Waals surface area contributed by atoms with Crippen LogP contribution in [0.15, 0.2) is 42.2 Å². The van der Waals surface area contributed by atoms with Crippen LogP contribution in [0.25, 0.3) is 6.08 Å². The van der Waals surface area contributed by atoms with Crippen LogP contribution >= 0.6 is 0 Å². The SMILES string of the molecule is COc1ccc(/C=C2\Oc3cc(OCC(=O)N4CCC[C@H]4CO)ccc3C2=O)cc1OC. The molecule has 8 nitrogen and oxygen atoms in total. The zero-order chi connectivity index (χ0) is 22.7. The lowest BCUT2D eigenvalue weighted by Crippen LogP contribution is -2.40. The van der Waals surface area contributed by atoms with Crippen LogP contribution in [0.5, 0.6) is 23.0 Å². The van der Waals surface area contributed by atoms with E-state index in [2.05, 4.69) is 0 Å². The molecule has 168 valence electrons. The van der Waals surface area contributed by atoms with Crippen molar-refractivity contribution in [2.24, 2.45) is 0 Å². The molecule has 2 aliphatic heterocycles. The third-order valence-corrected chi connectivity index (χ3v) is 5.62. The number of carbonyl (C=O) groups is 2. The van der Waals surface area contributed by atoms with Gasteiger partial charge < -0.3 is 29.0 Å². The molecule has 0 aromatic heterocycles. The molecular weight excluding hydrogens is 414 g/mol. The Kier molecular flexibility index (Phi) is 6.32. The molecule has 1 N–H and O–H groups in total. The number of likely N-dealkylation sites (tertiary alicyclic amines) is 1. The Morgan fingerprint density at radius 2 is 2.00 bits per heavy atom. The second kappa shape index (κ2) is 9.32. The van der Waals surface area contributed by atoms with Gasteiger partial charge in [-0.2, -0.15) is 0 Å². The summed E-state index contributed by atoms with van der Waals surface area (Å²) in [5.41, 5.74) is 1.15. The van der Waals surface area contributed by atoms with Gasteiger partial charge in [-0.15, -0.1) is 0 Å². The number of ether oxygens (including phenoxy) is 4. The summed E-state index contributed by atoms with van der Waals surface area (Å²) in [7, 11) is 3.10. The Morgan fingerprint density at radius 3 is 2.75 bits per heavy atom. The summed E-state index contributed by atoms with van der Waals surface area (Å²) in [6.07, 6.45) is 3.31. The van der Waals surface area contributed by atoms with Crippen LogP contribution in [0, 0.1) is 0 Å². The number of rotatable bonds is 7. The first kappa shape index (κ1) is 21.7. The number of fused-ring (bicyclic) bond motifs is 1. The lowest BCUT2D eigenvalue weighted by atomic mass is 10.1. The molecule has 8 heteroatoms. The topological polar surface area (TPSA) is 94.5 Å². The van der Waals surface area contributed by atoms with Crippen molar-refractivity contribution in [3.8, 4) is 23.0 Å². The Bertz CT molecular complexity index is 1060. The van der Waals surface area contributed by atoms with Crippen LogP contribution in [0.1, 0.15) is 28.8 Å². The van der Waals surface area contributed by atoms with Crippen molar-refractivity contribution in [2.45, 2.75) is 18.9 Å². The molecule has 1 atom stereocenters. The van der Waals surface area contributed by atoms with Gasteiger partial charge in [-0.25, -0.2) is 0 Å². The molecule has 2 aromatic carbocycles. The summed E-state index contributed by atoms with van der Waals surface area (Å²) < 4.78 is 21.9. The molecule has 0 spiro atoms. The molecule has 0 unspecified atom stereocenters. The van der Waals surface area contributed by atoms with E-state index in [1.807, 2.05) is 0 Å². The molecule has 4 rings (SSSR count). The summed E-state index contributed by atoms with van der Waals surface area (Å²) in [5.74, 6) is 1.72. The van der Waals surface area contributed by atoms with E-state index >= 15 is 0 Å². The molecule has 32 heavy (non-hydrogen) atoms. The monoisotopic (exact) mass is 439 g/mol. The van der Waals surface area contributed by atoms with Crippen LogP contribution in [-0.2, 0) is 4.79 Å². The van der Waals surface area contributed by atoms with Crippen LogP contribution in [0.4, 0.5) is 0 Å². The molecule has 1 fully saturated rings. The van der Waals surface area contributed by atoms with E-state index in [0.29, 0.717) is 35.1 Å². The van der Waals surface area contributed by atoms with Crippen molar-refractivity contribution in [2.75, 3.05) is 34.0 Å². The third-order valence-electron chi connectivity index (χ3n) is 5.62. The Hall–Kier alpha value is -3.52. The van der Waals surface area contributed by atoms with Crippen LogP contribution in [0.2, 0.25) is 0 Å². The zero-order valence-corrected chi connectivity index (χ0v) is 18.0. The van der Waals surface area contributed by atoms with Crippen LogP contribution in [-0.4, -0.2) is 61.7 Å². The highest BCUT2D eigenvalue weighted by Gasteiger charge is 2.30. The van der Waals surface area contributed by atoms with E-state index in [1.165, 1.54) is 0 Å². The molecule has 2 aromatic rings. The number of benzene rings is 2. The highest BCUT2D eigenvalue weighted by Crippen LogP contribution is 2.36. The average molecular weight is 439 g/mol. The van der Waals surface area contributed by atoms with Crippen LogP contribution < -0.4 is 18.9 Å². The van der Waals surface area contributed by atoms with E-state index in [0.717, 1.165) is 18.4 Å². The third kappa shape index (κ3) is 4.27. The van der Waals surface area contributed by atoms with Gasteiger partial charge in [0.2, 0.25) is 5.78 Å². The molecule has 0 aliphatic carbocycles. The fraction of sp³-hybridized carbons (Fsp3) is 0.333. The van der Waals surface area contributed by atoms with E-state index in [9.17, 15) is 14.7 Å². The maximum absolute atomic E-state index is 12.7. The van der Waals surface area contributed by atoms with Gasteiger partial charge in [0.15, 0.2) is 23.9 Å². The Balaban J connectivity index is 1.45. The lowest BCUT2D eigenvalue weighted by molar-refractivity contribution is -0.134. The highest BCUT2D eigenvalue weighted by atomic mass is 16.5. The summed E-state index contributed by atoms with van der Waals surface area (Å²) >= 11 is 0. The van der Waals surface area contributed by atoms with Gasteiger partial charge in [0, 0.05) is 12.6 Å². The Labute approximate surface area is 185 Å². The number of aliphatic hydroxyl groups is 1. The van der Waals surface area contributed by atoms with Gasteiger partial charge >= 0.3 is 0 Å². The summed E-state index contributed by atoms with van der Waals surface area (Å²) in [4.78, 5) is 26.8. The smallest absolute Gasteiger partial charge is 0.260 e. The van der Waals surface area contributed by atoms with Crippen molar-refractivity contribution >= 4 is 17.8 Å². The first-order valence-corrected chi connectivity index (χ1v) is 10.4. The van der Waals surface area contributed by atoms with Crippen molar-refractivity contribution in [1.29, 1.82) is 0 Å². The fourth-order valence-corrected chi connectivity index (χ4v) is 3.93. The number of hydrogen-bond donors (Lipinski definition) is 1. The number of Topliss-reactive ketones (excluding diaryl/α,β-unsaturated/α-hetero) is 1. The van der Waals surface area contributed by atoms with E-state index in [1.54, 1.807) is 61.6 Å². The molecule has 1 saturated heterocycles. The largest absolute Gasteiger partial charge is 0.493 e. The Morgan fingerprint density at radius 1 is 1.19 bits per heavy atom. The summed E-state index contributed by atoms with van der Waals surface area (Å²) in [6, 6.07) is 10.0. The number of carbonyl (C=O) groups excluding carboxylic acids is 2. The fourth-order valence-electron chi connectivity index (χ4n) is 3.93. The highest BCUT2D eigenvalue weighted by molar-refractivity contribution is 6.14. The normalized spacial score (nSPS) is 18.5. The van der Waals surface area contributed by atoms with Crippen molar-refractivity contribution < 1.29 is 33.6 Å². The van der Waals surface area contributed by atoms with E-state index in [-0.39, 0.29) is 36.7 Å². The predicted molar refractivity (Wildman–Crippen MR) is 116 cm³/mol. The molecule has 0 radical (unpaired) electrons. The van der Waals surface area contributed by atoms with Crippen LogP contribution in [0.3, 0.4) is 0 Å². The lowest BCUT2D eigenvalue weighted by Gasteiger charge is -2.22. The maximum Gasteiger partial charge on any atom is 0.260 e. The van der Waals surface area contributed by atoms with Gasteiger partial charge in [-0.05, 0) is 48.7 Å². The maximum atomic E-state index is 12.7. The zero-order valence-electron chi connectivity index (χ0n) is 18.0. The van der Waals surface area contributed by atoms with Gasteiger partial charge in [0.05, 0.1) is 32.4 Å². The number of hydrogen-bond acceptors (Lipinski definition) is 7. The van der Waals surface area contributed by atoms with Crippen molar-refractivity contribution in [3.05, 3.63) is 53.3 Å². The van der Waals surface area contributed by atoms with Crippen molar-refractivity contribution in [3.63, 3.8) is 0 Å². The average Bonchev–Trinajstić information content (AvgIpc) is 3.41. The van der Waals surface area contributed by atoms with Gasteiger partial charge in [-0.3, -0.25) is 9.59 Å². The molecule has 1 amide bonds. The van der Waals surface area contributed by atoms with Gasteiger partial charge in [0.1, 0.15) is 11.5 Å². The standard InChI is InChI=1S/C24H25NO7/c1-29-19-8-5-15(10-21(19)30-2)11-22-24(28)18-7-6-17(12-20(18)32-22)31-14-23(27)25-9-3-4-16(25)13-26/h5-8,10-12,16,26H,3-4,9,13-14H2,1-2H3/b22-11-/t16-/m0/s1. The number of aliphatic hydroxyl groups excluding tert-OH is 1. The quantitative estimate of drug-likeness (QED) is 0.663. The molecular formula is C24H25NO7. The number of amides is 1. The molecule has 0 bridgehead atoms. The summed E-state index contributed by atoms with van der Waals surface area (Å²) in [6.45, 7) is 0.437. The minimum absolute atomic E-state index is 0.0459. The van der Waals surface area contributed by atoms with Gasteiger partial charge in [0.25, 0.3) is 5.91 Å². The number of ketones is 1.